The maximum absolute atomic E-state index is 12.5. The van der Waals surface area contributed by atoms with Gasteiger partial charge in [0.05, 0.1) is 4.90 Å². The van der Waals surface area contributed by atoms with Crippen LogP contribution in [0.1, 0.15) is 18.9 Å². The summed E-state index contributed by atoms with van der Waals surface area (Å²) in [6.45, 7) is 3.31. The van der Waals surface area contributed by atoms with Gasteiger partial charge in [-0.2, -0.15) is 4.31 Å². The molecule has 19 heavy (non-hydrogen) atoms. The topological polar surface area (TPSA) is 74.7 Å². The summed E-state index contributed by atoms with van der Waals surface area (Å²) in [7, 11) is -2.54. The number of rotatable bonds is 5. The van der Waals surface area contributed by atoms with Crippen molar-refractivity contribution in [2.24, 2.45) is 0 Å². The quantitative estimate of drug-likeness (QED) is 0.884. The Morgan fingerprint density at radius 1 is 1.47 bits per heavy atom. The van der Waals surface area contributed by atoms with Crippen molar-refractivity contribution in [1.29, 1.82) is 0 Å². The van der Waals surface area contributed by atoms with Crippen molar-refractivity contribution in [2.75, 3.05) is 7.05 Å². The average Bonchev–Trinajstić information content (AvgIpc) is 2.32. The molecule has 0 radical (unpaired) electrons. The third kappa shape index (κ3) is 3.34. The SMILES string of the molecule is CCC(C(=O)O)N(C)S(=O)(=O)c1cc(Br)ccc1C. The first kappa shape index (κ1) is 16.1. The van der Waals surface area contributed by atoms with E-state index in [2.05, 4.69) is 15.9 Å². The lowest BCUT2D eigenvalue weighted by molar-refractivity contribution is -0.141. The molecule has 0 spiro atoms. The van der Waals surface area contributed by atoms with Gasteiger partial charge in [-0.05, 0) is 31.0 Å². The zero-order chi connectivity index (χ0) is 14.8. The van der Waals surface area contributed by atoms with E-state index < -0.39 is 22.0 Å². The number of carbonyl (C=O) groups is 1. The number of carboxylic acid groups (broad SMARTS) is 1. The molecule has 1 N–H and O–H groups in total. The van der Waals surface area contributed by atoms with Gasteiger partial charge in [-0.3, -0.25) is 4.79 Å². The summed E-state index contributed by atoms with van der Waals surface area (Å²) in [5.74, 6) is -1.15. The largest absolute Gasteiger partial charge is 0.480 e. The third-order valence-corrected chi connectivity index (χ3v) is 5.42. The summed E-state index contributed by atoms with van der Waals surface area (Å²) in [5, 5.41) is 9.06. The Bertz CT molecular complexity index is 585. The van der Waals surface area contributed by atoms with Gasteiger partial charge in [0.15, 0.2) is 0 Å². The molecule has 0 bridgehead atoms. The highest BCUT2D eigenvalue weighted by Gasteiger charge is 2.32. The fraction of sp³-hybridized carbons (Fsp3) is 0.417. The molecular weight excluding hydrogens is 334 g/mol. The van der Waals surface area contributed by atoms with E-state index in [1.54, 1.807) is 26.0 Å². The van der Waals surface area contributed by atoms with E-state index in [1.807, 2.05) is 0 Å². The Hall–Kier alpha value is -0.920. The summed E-state index contributed by atoms with van der Waals surface area (Å²) in [6.07, 6.45) is 0.206. The monoisotopic (exact) mass is 349 g/mol. The van der Waals surface area contributed by atoms with Gasteiger partial charge >= 0.3 is 5.97 Å². The molecule has 0 aliphatic carbocycles. The van der Waals surface area contributed by atoms with Gasteiger partial charge in [-0.15, -0.1) is 0 Å². The van der Waals surface area contributed by atoms with Crippen LogP contribution >= 0.6 is 15.9 Å². The lowest BCUT2D eigenvalue weighted by atomic mass is 10.2. The molecule has 1 atom stereocenters. The molecule has 1 rings (SSSR count). The van der Waals surface area contributed by atoms with Crippen molar-refractivity contribution >= 4 is 31.9 Å². The molecule has 0 heterocycles. The smallest absolute Gasteiger partial charge is 0.321 e. The zero-order valence-corrected chi connectivity index (χ0v) is 13.3. The Kier molecular flexibility index (Phi) is 5.11. The van der Waals surface area contributed by atoms with Crippen LogP contribution in [-0.2, 0) is 14.8 Å². The molecule has 0 fully saturated rings. The molecule has 0 aliphatic rings. The minimum absolute atomic E-state index is 0.115. The Balaban J connectivity index is 3.31. The number of likely N-dealkylation sites (N-methyl/N-ethyl adjacent to an activating group) is 1. The number of aliphatic carboxylic acids is 1. The predicted molar refractivity (Wildman–Crippen MR) is 75.5 cm³/mol. The molecule has 106 valence electrons. The van der Waals surface area contributed by atoms with Crippen molar-refractivity contribution < 1.29 is 18.3 Å². The highest BCUT2D eigenvalue weighted by Crippen LogP contribution is 2.24. The summed E-state index contributed by atoms with van der Waals surface area (Å²) in [6, 6.07) is 3.83. The van der Waals surface area contributed by atoms with Crippen LogP contribution in [0.3, 0.4) is 0 Å². The van der Waals surface area contributed by atoms with E-state index in [-0.39, 0.29) is 11.3 Å². The number of benzene rings is 1. The van der Waals surface area contributed by atoms with Gasteiger partial charge in [-0.1, -0.05) is 28.9 Å². The molecular formula is C12H16BrNO4S. The molecule has 0 saturated heterocycles. The van der Waals surface area contributed by atoms with Crippen LogP contribution in [0, 0.1) is 6.92 Å². The summed E-state index contributed by atoms with van der Waals surface area (Å²) >= 11 is 3.22. The van der Waals surface area contributed by atoms with Crippen molar-refractivity contribution in [3.8, 4) is 0 Å². The van der Waals surface area contributed by atoms with Crippen molar-refractivity contribution in [3.05, 3.63) is 28.2 Å². The zero-order valence-electron chi connectivity index (χ0n) is 10.9. The number of carboxylic acids is 1. The molecule has 0 amide bonds. The van der Waals surface area contributed by atoms with Gasteiger partial charge in [0.25, 0.3) is 0 Å². The van der Waals surface area contributed by atoms with Gasteiger partial charge in [0.1, 0.15) is 6.04 Å². The number of nitrogens with zero attached hydrogens (tertiary/aromatic N) is 1. The van der Waals surface area contributed by atoms with E-state index in [0.29, 0.717) is 10.0 Å². The second-order valence-corrected chi connectivity index (χ2v) is 7.07. The van der Waals surface area contributed by atoms with Crippen LogP contribution in [0.25, 0.3) is 0 Å². The molecule has 7 heteroatoms. The molecule has 0 aliphatic heterocycles. The highest BCUT2D eigenvalue weighted by atomic mass is 79.9. The van der Waals surface area contributed by atoms with Crippen LogP contribution in [0.5, 0.6) is 0 Å². The van der Waals surface area contributed by atoms with Crippen molar-refractivity contribution in [1.82, 2.24) is 4.31 Å². The summed E-state index contributed by atoms with van der Waals surface area (Å²) in [4.78, 5) is 11.2. The Morgan fingerprint density at radius 2 is 2.05 bits per heavy atom. The Morgan fingerprint density at radius 3 is 2.53 bits per heavy atom. The van der Waals surface area contributed by atoms with E-state index in [9.17, 15) is 13.2 Å². The number of sulfonamides is 1. The number of hydrogen-bond acceptors (Lipinski definition) is 3. The fourth-order valence-electron chi connectivity index (χ4n) is 1.76. The number of aryl methyl sites for hydroxylation is 1. The first-order valence-corrected chi connectivity index (χ1v) is 7.92. The normalized spacial score (nSPS) is 13.5. The number of halogens is 1. The van der Waals surface area contributed by atoms with Crippen LogP contribution in [0.2, 0.25) is 0 Å². The minimum Gasteiger partial charge on any atom is -0.480 e. The van der Waals surface area contributed by atoms with Crippen LogP contribution in [0.15, 0.2) is 27.6 Å². The van der Waals surface area contributed by atoms with Crippen LogP contribution in [0.4, 0.5) is 0 Å². The van der Waals surface area contributed by atoms with Crippen LogP contribution in [-0.4, -0.2) is 36.9 Å². The van der Waals surface area contributed by atoms with Crippen LogP contribution < -0.4 is 0 Å². The summed E-state index contributed by atoms with van der Waals surface area (Å²) in [5.41, 5.74) is 0.579. The van der Waals surface area contributed by atoms with Crippen molar-refractivity contribution in [2.45, 2.75) is 31.2 Å². The standard InChI is InChI=1S/C12H16BrNO4S/c1-4-10(12(15)16)14(3)19(17,18)11-7-9(13)6-5-8(11)2/h5-7,10H,4H2,1-3H3,(H,15,16). The van der Waals surface area contributed by atoms with E-state index in [1.165, 1.54) is 13.1 Å². The maximum atomic E-state index is 12.5. The molecule has 1 unspecified atom stereocenters. The molecule has 0 aromatic heterocycles. The van der Waals surface area contributed by atoms with Gasteiger partial charge in [0.2, 0.25) is 10.0 Å². The van der Waals surface area contributed by atoms with Gasteiger partial charge in [0, 0.05) is 11.5 Å². The Labute approximate surface area is 121 Å². The third-order valence-electron chi connectivity index (χ3n) is 2.92. The first-order chi connectivity index (χ1) is 8.71. The van der Waals surface area contributed by atoms with E-state index in [4.69, 9.17) is 5.11 Å². The molecule has 5 nitrogen and oxygen atoms in total. The molecule has 1 aromatic carbocycles. The fourth-order valence-corrected chi connectivity index (χ4v) is 3.91. The number of hydrogen-bond donors (Lipinski definition) is 1. The minimum atomic E-state index is -3.83. The maximum Gasteiger partial charge on any atom is 0.321 e. The second-order valence-electron chi connectivity index (χ2n) is 4.19. The lowest BCUT2D eigenvalue weighted by Gasteiger charge is -2.24. The average molecular weight is 350 g/mol. The van der Waals surface area contributed by atoms with E-state index >= 15 is 0 Å². The predicted octanol–water partition coefficient (Wildman–Crippen LogP) is 2.24. The van der Waals surface area contributed by atoms with Gasteiger partial charge in [-0.25, -0.2) is 8.42 Å². The second kappa shape index (κ2) is 6.02. The van der Waals surface area contributed by atoms with Gasteiger partial charge < -0.3 is 5.11 Å². The lowest BCUT2D eigenvalue weighted by Crippen LogP contribution is -2.42. The first-order valence-electron chi connectivity index (χ1n) is 5.68. The van der Waals surface area contributed by atoms with Crippen molar-refractivity contribution in [3.63, 3.8) is 0 Å². The summed E-state index contributed by atoms with van der Waals surface area (Å²) < 4.78 is 26.4. The molecule has 1 aromatic rings. The van der Waals surface area contributed by atoms with E-state index in [0.717, 1.165) is 4.31 Å². The molecule has 0 saturated carbocycles. The highest BCUT2D eigenvalue weighted by molar-refractivity contribution is 9.10.